The summed E-state index contributed by atoms with van der Waals surface area (Å²) in [5.74, 6) is -0.236. The first-order valence-corrected chi connectivity index (χ1v) is 32.4. The summed E-state index contributed by atoms with van der Waals surface area (Å²) in [4.78, 5) is 12.7. The van der Waals surface area contributed by atoms with Crippen LogP contribution in [0.2, 0.25) is 0 Å². The smallest absolute Gasteiger partial charge is 0.335 e. The highest BCUT2D eigenvalue weighted by atomic mass is 35.7. The van der Waals surface area contributed by atoms with Crippen molar-refractivity contribution in [3.63, 3.8) is 0 Å². The fourth-order valence-corrected chi connectivity index (χ4v) is 16.4. The molecule has 0 aromatic carbocycles. The Morgan fingerprint density at radius 1 is 0.565 bits per heavy atom. The first-order chi connectivity index (χ1) is 32.6. The maximum Gasteiger partial charge on any atom is 0.335 e. The molecule has 0 radical (unpaired) electrons. The number of piperidine rings is 4. The van der Waals surface area contributed by atoms with E-state index in [4.69, 9.17) is 15.2 Å². The van der Waals surface area contributed by atoms with Crippen LogP contribution in [0.15, 0.2) is 0 Å². The summed E-state index contributed by atoms with van der Waals surface area (Å²) in [5, 5.41) is 15.4. The normalized spacial score (nSPS) is 27.3. The Morgan fingerprint density at radius 2 is 0.913 bits per heavy atom. The molecule has 9 aliphatic rings. The van der Waals surface area contributed by atoms with Crippen LogP contribution in [-0.2, 0) is 34.5 Å². The van der Waals surface area contributed by atoms with E-state index in [9.17, 15) is 35.3 Å². The molecule has 1 amide bonds. The van der Waals surface area contributed by atoms with Gasteiger partial charge in [-0.2, -0.15) is 48.2 Å². The summed E-state index contributed by atoms with van der Waals surface area (Å²) in [6, 6.07) is 1.29. The lowest BCUT2D eigenvalue weighted by Crippen LogP contribution is -2.55. The Morgan fingerprint density at radius 3 is 1.23 bits per heavy atom. The van der Waals surface area contributed by atoms with Gasteiger partial charge in [-0.15, -0.1) is 0 Å². The molecule has 4 aliphatic heterocycles. The first-order valence-electron chi connectivity index (χ1n) is 27.3. The molecule has 398 valence electrons. The van der Waals surface area contributed by atoms with Crippen LogP contribution in [-0.4, -0.2) is 113 Å². The van der Waals surface area contributed by atoms with Gasteiger partial charge in [0, 0.05) is 50.0 Å². The number of nitrogens with one attached hydrogen (secondary N) is 3. The average Bonchev–Trinajstić information content (AvgIpc) is 4.10. The van der Waals surface area contributed by atoms with Crippen molar-refractivity contribution in [2.45, 2.75) is 224 Å². The zero-order chi connectivity index (χ0) is 49.9. The van der Waals surface area contributed by atoms with E-state index < -0.39 is 47.2 Å². The van der Waals surface area contributed by atoms with E-state index in [2.05, 4.69) is 21.4 Å². The molecule has 69 heavy (non-hydrogen) atoms. The third-order valence-corrected chi connectivity index (χ3v) is 22.5. The van der Waals surface area contributed by atoms with Crippen LogP contribution in [0.5, 0.6) is 0 Å². The number of carbonyl (C=O) groups excluding carboxylic acids is 1. The van der Waals surface area contributed by atoms with Crippen molar-refractivity contribution in [3.05, 3.63) is 0 Å². The van der Waals surface area contributed by atoms with Crippen LogP contribution in [0.25, 0.3) is 0 Å². The van der Waals surface area contributed by atoms with E-state index in [0.717, 1.165) is 43.9 Å². The van der Waals surface area contributed by atoms with Crippen LogP contribution in [0, 0.1) is 38.9 Å². The van der Waals surface area contributed by atoms with Gasteiger partial charge in [-0.25, -0.2) is 0 Å². The molecule has 9 rings (SSSR count). The maximum absolute atomic E-state index is 13.0. The highest BCUT2D eigenvalue weighted by Gasteiger charge is 2.47. The summed E-state index contributed by atoms with van der Waals surface area (Å²) in [6.07, 6.45) is 36.9. The minimum absolute atomic E-state index is 0.155. The van der Waals surface area contributed by atoms with Crippen LogP contribution in [0.1, 0.15) is 213 Å². The van der Waals surface area contributed by atoms with Crippen LogP contribution in [0.4, 0.5) is 0 Å². The predicted octanol–water partition coefficient (Wildman–Crippen LogP) is 9.13. The van der Waals surface area contributed by atoms with Crippen molar-refractivity contribution >= 4 is 46.3 Å². The topological polar surface area (TPSA) is 209 Å². The minimum Gasteiger partial charge on any atom is -0.336 e. The van der Waals surface area contributed by atoms with Gasteiger partial charge in [-0.3, -0.25) is 9.35 Å². The molecule has 1 unspecified atom stereocenters. The van der Waals surface area contributed by atoms with Crippen LogP contribution in [0.3, 0.4) is 0 Å². The Labute approximate surface area is 422 Å². The maximum atomic E-state index is 13.0. The molecule has 4 N–H and O–H groups in total. The summed E-state index contributed by atoms with van der Waals surface area (Å²) in [7, 11) is -5.82. The fraction of sp³-hybridized carbons (Fsp3) is 0.960. The standard InChI is InChI=1S/C20H34N4O3S.C10H18ClNO2S.C10H19NO3S.C10H19N/c1-16(2)14-17(18(25)22-20(15-21)8-9-20)23-28(26,27)24-12-10-19(11-13-24)6-4-3-5-7-19;11-15(13,14)12-8-6-10(7-9-12)4-2-1-3-5-10;12-15(13,14)11-8-6-10(7-9-11)4-2-1-3-5-10;1-2-4-10(5-3-1)6-8-11-9-7-10/h16-17,23H,3-14H2,1-2H3,(H,22,25);1-9H2;1-9H2,(H,12,13,14);11H,1-9H2. The lowest BCUT2D eigenvalue weighted by atomic mass is 9.68. The lowest BCUT2D eigenvalue weighted by molar-refractivity contribution is -0.123. The van der Waals surface area contributed by atoms with Gasteiger partial charge in [-0.1, -0.05) is 90.9 Å². The summed E-state index contributed by atoms with van der Waals surface area (Å²) >= 11 is 0. The zero-order valence-corrected chi connectivity index (χ0v) is 45.6. The molecule has 5 aliphatic carbocycles. The van der Waals surface area contributed by atoms with Crippen molar-refractivity contribution in [3.8, 4) is 6.07 Å². The van der Waals surface area contributed by atoms with Gasteiger partial charge in [-0.05, 0) is 163 Å². The van der Waals surface area contributed by atoms with Gasteiger partial charge >= 0.3 is 10.3 Å². The Kier molecular flexibility index (Phi) is 20.6. The molecular weight excluding hydrogens is 958 g/mol. The SMILES string of the molecule is C1CCC2(CC1)CCNCC2.CC(C)CC(NS(=O)(=O)N1CCC2(CCCCC2)CC1)C(=O)NC1(C#N)CC1.O=S(=O)(Cl)N1CCC2(CCCCC2)CC1.O=S(=O)(O)N1CCC2(CCCCC2)CC1. The van der Waals surface area contributed by atoms with Crippen molar-refractivity contribution in [1.82, 2.24) is 28.3 Å². The summed E-state index contributed by atoms with van der Waals surface area (Å²) in [6.45, 7) is 9.75. The van der Waals surface area contributed by atoms with Crippen molar-refractivity contribution in [1.29, 1.82) is 5.26 Å². The van der Waals surface area contributed by atoms with Crippen LogP contribution < -0.4 is 15.4 Å². The fourth-order valence-electron chi connectivity index (χ4n) is 13.4. The quantitative estimate of drug-likeness (QED) is 0.127. The molecule has 5 saturated carbocycles. The largest absolute Gasteiger partial charge is 0.336 e. The molecule has 0 aromatic rings. The molecule has 1 atom stereocenters. The van der Waals surface area contributed by atoms with Crippen molar-refractivity contribution in [2.75, 3.05) is 52.4 Å². The number of hydrogen-bond acceptors (Lipinski definition) is 9. The molecule has 4 spiro atoms. The molecular formula is C50H90ClN7O8S3. The van der Waals surface area contributed by atoms with Gasteiger partial charge in [0.1, 0.15) is 11.6 Å². The number of carbonyl (C=O) groups is 1. The second-order valence-corrected chi connectivity index (χ2v) is 29.2. The predicted molar refractivity (Wildman–Crippen MR) is 274 cm³/mol. The number of hydrogen-bond donors (Lipinski definition) is 4. The number of halogens is 1. The van der Waals surface area contributed by atoms with Crippen molar-refractivity contribution in [2.24, 2.45) is 27.6 Å². The van der Waals surface area contributed by atoms with Gasteiger partial charge in [0.2, 0.25) is 5.91 Å². The van der Waals surface area contributed by atoms with E-state index in [1.165, 1.54) is 167 Å². The molecule has 9 fully saturated rings. The van der Waals surface area contributed by atoms with E-state index in [1.807, 2.05) is 13.8 Å². The van der Waals surface area contributed by atoms with E-state index >= 15 is 0 Å². The Hall–Kier alpha value is -1.14. The number of nitrogens with zero attached hydrogens (tertiary/aromatic N) is 4. The second-order valence-electron chi connectivity index (χ2n) is 23.6. The van der Waals surface area contributed by atoms with E-state index in [0.29, 0.717) is 74.8 Å². The van der Waals surface area contributed by atoms with E-state index in [-0.39, 0.29) is 5.92 Å². The van der Waals surface area contributed by atoms with Crippen LogP contribution >= 0.6 is 10.7 Å². The average molecular weight is 1050 g/mol. The van der Waals surface area contributed by atoms with Gasteiger partial charge in [0.25, 0.3) is 19.4 Å². The highest BCUT2D eigenvalue weighted by molar-refractivity contribution is 8.11. The highest BCUT2D eigenvalue weighted by Crippen LogP contribution is 2.48. The summed E-state index contributed by atoms with van der Waals surface area (Å²) < 4.78 is 85.8. The third kappa shape index (κ3) is 16.9. The molecule has 4 heterocycles. The van der Waals surface area contributed by atoms with Gasteiger partial charge in [0.05, 0.1) is 6.07 Å². The third-order valence-electron chi connectivity index (χ3n) is 18.3. The number of rotatable bonds is 9. The Bertz CT molecular complexity index is 1900. The van der Waals surface area contributed by atoms with Crippen molar-refractivity contribution < 1.29 is 34.6 Å². The molecule has 4 saturated heterocycles. The lowest BCUT2D eigenvalue weighted by Gasteiger charge is -2.43. The molecule has 15 nitrogen and oxygen atoms in total. The Balaban J connectivity index is 0.000000162. The summed E-state index contributed by atoms with van der Waals surface area (Å²) in [5.41, 5.74) is 1.15. The minimum atomic E-state index is -3.95. The van der Waals surface area contributed by atoms with E-state index in [1.54, 1.807) is 0 Å². The molecule has 0 bridgehead atoms. The number of amides is 1. The zero-order valence-electron chi connectivity index (χ0n) is 42.4. The van der Waals surface area contributed by atoms with Gasteiger partial charge < -0.3 is 10.6 Å². The monoisotopic (exact) mass is 1050 g/mol. The second kappa shape index (κ2) is 24.9. The first kappa shape index (κ1) is 57.1. The molecule has 0 aromatic heterocycles. The van der Waals surface area contributed by atoms with Gasteiger partial charge in [0.15, 0.2) is 0 Å². The molecule has 19 heteroatoms. The number of nitriles is 1.